The lowest BCUT2D eigenvalue weighted by Gasteiger charge is -2.32. The fourth-order valence-electron chi connectivity index (χ4n) is 7.84. The van der Waals surface area contributed by atoms with Crippen LogP contribution in [-0.4, -0.2) is 136 Å². The molecule has 350 valence electrons. The number of amides is 8. The third-order valence-corrected chi connectivity index (χ3v) is 11.0. The molecular formula is C46H46N6O15. The van der Waals surface area contributed by atoms with Gasteiger partial charge in [-0.2, -0.15) is 0 Å². The number of fused-ring (bicyclic) bond motifs is 1. The molecule has 4 aromatic rings. The van der Waals surface area contributed by atoms with Gasteiger partial charge >= 0.3 is 17.9 Å². The Hall–Kier alpha value is -8.23. The van der Waals surface area contributed by atoms with Crippen LogP contribution in [0.25, 0.3) is 21.5 Å². The van der Waals surface area contributed by atoms with Gasteiger partial charge in [-0.15, -0.1) is 0 Å². The van der Waals surface area contributed by atoms with Crippen LogP contribution in [0.3, 0.4) is 0 Å². The Morgan fingerprint density at radius 3 is 1.73 bits per heavy atom. The Morgan fingerprint density at radius 2 is 1.13 bits per heavy atom. The topological polar surface area (TPSA) is 312 Å². The number of carbonyl (C=O) groups is 11. The fourth-order valence-corrected chi connectivity index (χ4v) is 7.84. The largest absolute Gasteiger partial charge is 0.493 e. The number of hydrogen-bond acceptors (Lipinski definition) is 12. The summed E-state index contributed by atoms with van der Waals surface area (Å²) < 4.78 is 5.94. The van der Waals surface area contributed by atoms with Crippen LogP contribution >= 0.6 is 0 Å². The Bertz CT molecular complexity index is 2650. The lowest BCUT2D eigenvalue weighted by Crippen LogP contribution is -2.50. The molecule has 0 saturated carbocycles. The number of nitrogens with one attached hydrogen (secondary N) is 4. The normalized spacial score (nSPS) is 13.3. The first kappa shape index (κ1) is 48.2. The second-order valence-corrected chi connectivity index (χ2v) is 15.6. The predicted molar refractivity (Wildman–Crippen MR) is 234 cm³/mol. The van der Waals surface area contributed by atoms with E-state index < -0.39 is 91.1 Å². The molecule has 0 spiro atoms. The molecule has 2 aliphatic heterocycles. The van der Waals surface area contributed by atoms with E-state index in [1.165, 1.54) is 24.3 Å². The van der Waals surface area contributed by atoms with Gasteiger partial charge in [0.25, 0.3) is 23.6 Å². The zero-order valence-electron chi connectivity index (χ0n) is 35.9. The van der Waals surface area contributed by atoms with Gasteiger partial charge in [0.05, 0.1) is 19.4 Å². The van der Waals surface area contributed by atoms with E-state index in [4.69, 9.17) is 14.9 Å². The fraction of sp³-hybridized carbons (Fsp3) is 0.326. The number of nitrogens with zero attached hydrogens (tertiary/aromatic N) is 2. The van der Waals surface area contributed by atoms with Gasteiger partial charge in [0.15, 0.2) is 0 Å². The molecule has 2 heterocycles. The maximum atomic E-state index is 13.8. The minimum atomic E-state index is -1.57. The summed E-state index contributed by atoms with van der Waals surface area (Å²) in [6.07, 6.45) is -0.387. The summed E-state index contributed by atoms with van der Waals surface area (Å²) in [5.41, 5.74) is 1.14. The number of aliphatic carboxylic acids is 3. The lowest BCUT2D eigenvalue weighted by molar-refractivity contribution is -0.141. The number of carboxylic acids is 3. The molecule has 7 N–H and O–H groups in total. The second-order valence-electron chi connectivity index (χ2n) is 15.6. The molecule has 21 nitrogen and oxygen atoms in total. The highest BCUT2D eigenvalue weighted by Crippen LogP contribution is 2.38. The van der Waals surface area contributed by atoms with E-state index in [1.54, 1.807) is 0 Å². The standard InChI is InChI=1S/C46H46N6O15/c53-34(49-24-39(60)61)10-4-22-67-33-9-2-7-26-25(5-1-8-27(26)33)6-3-18-47-35(54)17-20-51-43(63)28-11-13-30-41-31(14-12-29(40(28)41)44(51)64)46(66)52(45(30)65)21-19-48-42(62)32(23-38(58)59)50-36(55)15-16-37(56)57/h1-2,5,7-9,11-14,32H,3-4,6,10,15-24H2,(H,47,54)(H,48,62)(H,49,53)(H,50,55)(H,56,57)(H,58,59)(H,60,61)/t32-/m0/s1. The van der Waals surface area contributed by atoms with E-state index in [0.717, 1.165) is 26.1 Å². The van der Waals surface area contributed by atoms with Crippen LogP contribution < -0.4 is 26.0 Å². The van der Waals surface area contributed by atoms with Crippen LogP contribution in [-0.2, 0) is 40.0 Å². The minimum absolute atomic E-state index is 0.0108. The van der Waals surface area contributed by atoms with Crippen LogP contribution in [0.5, 0.6) is 5.75 Å². The van der Waals surface area contributed by atoms with E-state index in [1.807, 2.05) is 36.4 Å². The summed E-state index contributed by atoms with van der Waals surface area (Å²) in [5.74, 6) is -8.79. The van der Waals surface area contributed by atoms with Gasteiger partial charge in [-0.1, -0.05) is 30.3 Å². The first-order valence-electron chi connectivity index (χ1n) is 21.3. The van der Waals surface area contributed by atoms with Crippen molar-refractivity contribution in [3.05, 3.63) is 88.5 Å². The Morgan fingerprint density at radius 1 is 0.552 bits per heavy atom. The molecule has 2 aliphatic rings. The van der Waals surface area contributed by atoms with E-state index >= 15 is 0 Å². The summed E-state index contributed by atoms with van der Waals surface area (Å²) in [6.45, 7) is -0.866. The number of hydrogen-bond donors (Lipinski definition) is 7. The van der Waals surface area contributed by atoms with Gasteiger partial charge in [0.2, 0.25) is 23.6 Å². The first-order chi connectivity index (χ1) is 32.0. The molecule has 1 atom stereocenters. The van der Waals surface area contributed by atoms with Crippen LogP contribution in [0, 0.1) is 0 Å². The average molecular weight is 923 g/mol. The number of ether oxygens (including phenoxy) is 1. The summed E-state index contributed by atoms with van der Waals surface area (Å²) >= 11 is 0. The van der Waals surface area contributed by atoms with Gasteiger partial charge in [0.1, 0.15) is 18.3 Å². The Balaban J connectivity index is 1.01. The third-order valence-electron chi connectivity index (χ3n) is 11.0. The van der Waals surface area contributed by atoms with Gasteiger partial charge in [-0.05, 0) is 60.5 Å². The first-order valence-corrected chi connectivity index (χ1v) is 21.3. The van der Waals surface area contributed by atoms with Crippen LogP contribution in [0.1, 0.15) is 91.9 Å². The van der Waals surface area contributed by atoms with Crippen LogP contribution in [0.4, 0.5) is 0 Å². The number of rotatable bonds is 24. The van der Waals surface area contributed by atoms with Gasteiger partial charge in [-0.25, -0.2) is 0 Å². The van der Waals surface area contributed by atoms with Crippen molar-refractivity contribution in [3.63, 3.8) is 0 Å². The van der Waals surface area contributed by atoms with Crippen molar-refractivity contribution < 1.29 is 72.8 Å². The number of aryl methyl sites for hydroxylation is 1. The predicted octanol–water partition coefficient (Wildman–Crippen LogP) is 1.62. The van der Waals surface area contributed by atoms with Crippen molar-refractivity contribution in [2.24, 2.45) is 0 Å². The van der Waals surface area contributed by atoms with Crippen molar-refractivity contribution >= 4 is 86.7 Å². The molecule has 8 amide bonds. The number of carbonyl (C=O) groups excluding carboxylic acids is 8. The zero-order chi connectivity index (χ0) is 48.4. The average Bonchev–Trinajstić information content (AvgIpc) is 3.29. The highest BCUT2D eigenvalue weighted by molar-refractivity contribution is 6.33. The van der Waals surface area contributed by atoms with Crippen LogP contribution in [0.2, 0.25) is 0 Å². The Kier molecular flexibility index (Phi) is 15.6. The summed E-state index contributed by atoms with van der Waals surface area (Å²) in [7, 11) is 0. The molecule has 4 aromatic carbocycles. The number of carboxylic acid groups (broad SMARTS) is 3. The molecule has 0 aromatic heterocycles. The molecule has 0 bridgehead atoms. The highest BCUT2D eigenvalue weighted by atomic mass is 16.5. The monoisotopic (exact) mass is 922 g/mol. The van der Waals surface area contributed by atoms with E-state index in [-0.39, 0.29) is 78.0 Å². The maximum absolute atomic E-state index is 13.8. The summed E-state index contributed by atoms with van der Waals surface area (Å²) in [4.78, 5) is 139. The van der Waals surface area contributed by atoms with E-state index in [0.29, 0.717) is 31.6 Å². The SMILES string of the molecule is O=C(O)CCC(=O)N[C@@H](CC(=O)O)C(=O)NCCN1C(=O)c2ccc3c4c(ccc(c24)C1=O)C(=O)N(CCC(=O)NCCCc1cccc2c(OCCCC(=O)NCC(=O)O)cccc12)C3=O. The van der Waals surface area contributed by atoms with Crippen molar-refractivity contribution in [3.8, 4) is 5.75 Å². The van der Waals surface area contributed by atoms with Crippen LogP contribution in [0.15, 0.2) is 60.7 Å². The van der Waals surface area contributed by atoms with Crippen molar-refractivity contribution in [2.45, 2.75) is 57.4 Å². The van der Waals surface area contributed by atoms with Gasteiger partial charge in [-0.3, -0.25) is 62.5 Å². The molecule has 0 aliphatic carbocycles. The highest BCUT2D eigenvalue weighted by Gasteiger charge is 2.40. The molecule has 0 unspecified atom stereocenters. The molecule has 0 radical (unpaired) electrons. The van der Waals surface area contributed by atoms with Gasteiger partial charge < -0.3 is 41.3 Å². The van der Waals surface area contributed by atoms with E-state index in [9.17, 15) is 57.8 Å². The summed E-state index contributed by atoms with van der Waals surface area (Å²) in [6, 6.07) is 15.2. The second kappa shape index (κ2) is 21.6. The van der Waals surface area contributed by atoms with Crippen molar-refractivity contribution in [1.82, 2.24) is 31.1 Å². The maximum Gasteiger partial charge on any atom is 0.322 e. The molecular weight excluding hydrogens is 877 g/mol. The molecule has 0 fully saturated rings. The molecule has 0 saturated heterocycles. The van der Waals surface area contributed by atoms with Crippen molar-refractivity contribution in [1.29, 1.82) is 0 Å². The van der Waals surface area contributed by atoms with E-state index in [2.05, 4.69) is 21.3 Å². The number of benzene rings is 4. The third kappa shape index (κ3) is 11.5. The quantitative estimate of drug-likeness (QED) is 0.0388. The Labute approximate surface area is 380 Å². The zero-order valence-corrected chi connectivity index (χ0v) is 35.9. The minimum Gasteiger partial charge on any atom is -0.493 e. The lowest BCUT2D eigenvalue weighted by atomic mass is 9.86. The molecule has 6 rings (SSSR count). The summed E-state index contributed by atoms with van der Waals surface area (Å²) in [5, 5.41) is 38.5. The van der Waals surface area contributed by atoms with Gasteiger partial charge in [0, 0.05) is 83.9 Å². The van der Waals surface area contributed by atoms with Crippen molar-refractivity contribution in [2.75, 3.05) is 39.3 Å². The number of imide groups is 2. The molecule has 21 heteroatoms. The smallest absolute Gasteiger partial charge is 0.322 e. The molecule has 67 heavy (non-hydrogen) atoms.